The van der Waals surface area contributed by atoms with Gasteiger partial charge in [-0.15, -0.1) is 0 Å². The van der Waals surface area contributed by atoms with Crippen molar-refractivity contribution in [3.63, 3.8) is 0 Å². The fourth-order valence-electron chi connectivity index (χ4n) is 5.84. The molecule has 15 heteroatoms. The zero-order chi connectivity index (χ0) is 32.5. The first-order chi connectivity index (χ1) is 21.3. The number of piperazine rings is 1. The maximum atomic E-state index is 13.5. The lowest BCUT2D eigenvalue weighted by atomic mass is 9.98. The summed E-state index contributed by atoms with van der Waals surface area (Å²) in [7, 11) is -4.05. The van der Waals surface area contributed by atoms with E-state index >= 15 is 0 Å². The first-order valence-electron chi connectivity index (χ1n) is 15.2. The van der Waals surface area contributed by atoms with Crippen molar-refractivity contribution in [2.45, 2.75) is 72.6 Å². The zero-order valence-electron chi connectivity index (χ0n) is 26.3. The Balaban J connectivity index is 1.20. The number of ketones is 1. The Kier molecular flexibility index (Phi) is 9.33. The maximum absolute atomic E-state index is 13.5. The van der Waals surface area contributed by atoms with Crippen molar-refractivity contribution in [1.82, 2.24) is 13.9 Å². The van der Waals surface area contributed by atoms with Crippen LogP contribution in [0, 0.1) is 12.3 Å². The van der Waals surface area contributed by atoms with Gasteiger partial charge in [-0.1, -0.05) is 12.8 Å². The van der Waals surface area contributed by atoms with Gasteiger partial charge < -0.3 is 20.3 Å². The Morgan fingerprint density at radius 1 is 1.11 bits per heavy atom. The van der Waals surface area contributed by atoms with Crippen LogP contribution in [0.5, 0.6) is 0 Å². The molecule has 1 aliphatic carbocycles. The maximum Gasteiger partial charge on any atom is 0.341 e. The fourth-order valence-corrected chi connectivity index (χ4v) is 6.77. The summed E-state index contributed by atoms with van der Waals surface area (Å²) in [5.74, 6) is 0.414. The lowest BCUT2D eigenvalue weighted by Crippen LogP contribution is -2.49. The summed E-state index contributed by atoms with van der Waals surface area (Å²) in [5, 5.41) is 6.60. The van der Waals surface area contributed by atoms with Crippen LogP contribution >= 0.6 is 0 Å². The smallest absolute Gasteiger partial charge is 0.341 e. The predicted molar refractivity (Wildman–Crippen MR) is 170 cm³/mol. The standard InChI is InChI=1S/C30H41N7O7S/c1-19-23-17-32-29(34-26(23)37(21-8-6-7-9-21)27(39)25(19)20(2)38)33-24-11-10-22(16-31-24)35-12-14-36(15-13-35)45(41,42)44-18-43-28(40)30(3,4)5/h10-11,16-17,21,29,34H,6-9,12-15,18H2,1-5H3,(H,31,33). The van der Waals surface area contributed by atoms with Gasteiger partial charge in [0.15, 0.2) is 12.1 Å². The van der Waals surface area contributed by atoms with Crippen LogP contribution in [0.15, 0.2) is 28.1 Å². The lowest BCUT2D eigenvalue weighted by molar-refractivity contribution is -0.159. The number of rotatable bonds is 9. The van der Waals surface area contributed by atoms with Gasteiger partial charge in [0.1, 0.15) is 11.6 Å². The van der Waals surface area contributed by atoms with E-state index in [-0.39, 0.29) is 36.0 Å². The molecule has 0 spiro atoms. The van der Waals surface area contributed by atoms with Crippen LogP contribution in [0.4, 0.5) is 17.3 Å². The summed E-state index contributed by atoms with van der Waals surface area (Å²) in [5.41, 5.74) is 1.38. The summed E-state index contributed by atoms with van der Waals surface area (Å²) < 4.78 is 37.9. The van der Waals surface area contributed by atoms with Crippen molar-refractivity contribution in [2.75, 3.05) is 48.5 Å². The Morgan fingerprint density at radius 2 is 1.80 bits per heavy atom. The highest BCUT2D eigenvalue weighted by atomic mass is 32.2. The molecule has 4 heterocycles. The van der Waals surface area contributed by atoms with Crippen LogP contribution in [-0.4, -0.2) is 79.5 Å². The van der Waals surface area contributed by atoms with Crippen LogP contribution in [0.1, 0.15) is 80.9 Å². The number of nitrogens with one attached hydrogen (secondary N) is 2. The van der Waals surface area contributed by atoms with Crippen LogP contribution in [0.25, 0.3) is 0 Å². The zero-order valence-corrected chi connectivity index (χ0v) is 27.1. The second kappa shape index (κ2) is 12.9. The number of hydrogen-bond acceptors (Lipinski definition) is 12. The minimum Gasteiger partial charge on any atom is -0.437 e. The average Bonchev–Trinajstić information content (AvgIpc) is 3.51. The van der Waals surface area contributed by atoms with Crippen molar-refractivity contribution in [1.29, 1.82) is 0 Å². The number of aromatic nitrogens is 2. The third-order valence-electron chi connectivity index (χ3n) is 8.33. The fraction of sp³-hybridized carbons (Fsp3) is 0.567. The first kappa shape index (κ1) is 32.6. The number of anilines is 3. The van der Waals surface area contributed by atoms with Crippen LogP contribution in [-0.2, 0) is 24.0 Å². The van der Waals surface area contributed by atoms with Crippen molar-refractivity contribution in [3.05, 3.63) is 45.4 Å². The molecule has 3 aliphatic rings. The number of aliphatic imine (C=N–C) groups is 1. The minimum atomic E-state index is -4.05. The predicted octanol–water partition coefficient (Wildman–Crippen LogP) is 3.04. The number of ether oxygens (including phenoxy) is 1. The Morgan fingerprint density at radius 3 is 2.40 bits per heavy atom. The van der Waals surface area contributed by atoms with Gasteiger partial charge in [0.25, 0.3) is 5.56 Å². The van der Waals surface area contributed by atoms with E-state index in [1.807, 2.05) is 17.0 Å². The van der Waals surface area contributed by atoms with E-state index in [1.165, 1.54) is 11.2 Å². The van der Waals surface area contributed by atoms with Crippen molar-refractivity contribution in [3.8, 4) is 0 Å². The molecule has 244 valence electrons. The van der Waals surface area contributed by atoms with Gasteiger partial charge in [0.2, 0.25) is 6.79 Å². The Hall–Kier alpha value is -3.82. The highest BCUT2D eigenvalue weighted by molar-refractivity contribution is 7.84. The normalized spacial score (nSPS) is 19.2. The van der Waals surface area contributed by atoms with Gasteiger partial charge in [-0.3, -0.25) is 19.0 Å². The quantitative estimate of drug-likeness (QED) is 0.234. The molecule has 14 nitrogen and oxygen atoms in total. The molecule has 5 rings (SSSR count). The topological polar surface area (TPSA) is 165 Å². The second-order valence-electron chi connectivity index (χ2n) is 12.6. The number of esters is 1. The van der Waals surface area contributed by atoms with Gasteiger partial charge >= 0.3 is 16.3 Å². The summed E-state index contributed by atoms with van der Waals surface area (Å²) >= 11 is 0. The van der Waals surface area contributed by atoms with Crippen LogP contribution in [0.3, 0.4) is 0 Å². The van der Waals surface area contributed by atoms with Crippen molar-refractivity contribution >= 4 is 45.6 Å². The average molecular weight is 644 g/mol. The number of carbonyl (C=O) groups excluding carboxylic acids is 2. The largest absolute Gasteiger partial charge is 0.437 e. The van der Waals surface area contributed by atoms with Crippen molar-refractivity contribution < 1.29 is 26.9 Å². The molecule has 0 radical (unpaired) electrons. The lowest BCUT2D eigenvalue weighted by Gasteiger charge is -2.34. The molecule has 2 aromatic heterocycles. The molecular weight excluding hydrogens is 602 g/mol. The molecule has 1 unspecified atom stereocenters. The van der Waals surface area contributed by atoms with Gasteiger partial charge in [0, 0.05) is 44.0 Å². The van der Waals surface area contributed by atoms with Gasteiger partial charge in [0.05, 0.1) is 22.9 Å². The monoisotopic (exact) mass is 643 g/mol. The van der Waals surface area contributed by atoms with Gasteiger partial charge in [-0.05, 0) is 65.2 Å². The van der Waals surface area contributed by atoms with Crippen LogP contribution < -0.4 is 21.1 Å². The molecule has 0 amide bonds. The van der Waals surface area contributed by atoms with Gasteiger partial charge in [-0.2, -0.15) is 12.7 Å². The van der Waals surface area contributed by atoms with E-state index in [0.29, 0.717) is 30.3 Å². The molecule has 1 atom stereocenters. The first-order valence-corrected chi connectivity index (χ1v) is 16.5. The number of carbonyl (C=O) groups is 2. The molecule has 45 heavy (non-hydrogen) atoms. The van der Waals surface area contributed by atoms with E-state index in [9.17, 15) is 22.8 Å². The summed E-state index contributed by atoms with van der Waals surface area (Å²) in [6.07, 6.45) is 6.66. The third-order valence-corrected chi connectivity index (χ3v) is 9.72. The number of pyridine rings is 2. The molecule has 1 saturated heterocycles. The van der Waals surface area contributed by atoms with E-state index in [1.54, 1.807) is 44.7 Å². The Bertz CT molecular complexity index is 1630. The molecule has 2 aliphatic heterocycles. The number of hydrogen-bond donors (Lipinski definition) is 2. The van der Waals surface area contributed by atoms with Crippen molar-refractivity contribution in [2.24, 2.45) is 10.4 Å². The molecular formula is C30H41N7O7S. The molecule has 2 aromatic rings. The molecule has 0 aromatic carbocycles. The van der Waals surface area contributed by atoms with Gasteiger partial charge in [-0.25, -0.2) is 14.2 Å². The molecule has 2 fully saturated rings. The SMILES string of the molecule is CC(=O)c1c(C)c2c(n(C3CCCC3)c1=O)NC(Nc1ccc(N3CCN(S(=O)(=O)OCOC(=O)C(C)(C)C)CC3)cn1)N=C2. The number of fused-ring (bicyclic) bond motifs is 1. The minimum absolute atomic E-state index is 0.0232. The van der Waals surface area contributed by atoms with Crippen LogP contribution in [0.2, 0.25) is 0 Å². The van der Waals surface area contributed by atoms with E-state index in [4.69, 9.17) is 8.92 Å². The summed E-state index contributed by atoms with van der Waals surface area (Å²) in [6, 6.07) is 3.72. The van der Waals surface area contributed by atoms with E-state index in [0.717, 1.165) is 36.9 Å². The van der Waals surface area contributed by atoms with E-state index in [2.05, 4.69) is 20.6 Å². The highest BCUT2D eigenvalue weighted by Crippen LogP contribution is 2.34. The Labute approximate surface area is 263 Å². The molecule has 2 N–H and O–H groups in total. The number of nitrogens with zero attached hydrogens (tertiary/aromatic N) is 5. The number of Topliss-reactive ketones (excluding diaryl/α,β-unsaturated/α-hetero) is 1. The second-order valence-corrected chi connectivity index (χ2v) is 14.2. The molecule has 1 saturated carbocycles. The highest BCUT2D eigenvalue weighted by Gasteiger charge is 2.31. The van der Waals surface area contributed by atoms with E-state index < -0.39 is 34.8 Å². The summed E-state index contributed by atoms with van der Waals surface area (Å²) in [4.78, 5) is 48.9. The molecule has 0 bridgehead atoms. The third kappa shape index (κ3) is 7.05. The summed E-state index contributed by atoms with van der Waals surface area (Å²) in [6.45, 7) is 8.79.